The van der Waals surface area contributed by atoms with Crippen LogP contribution in [-0.2, 0) is 24.3 Å². The van der Waals surface area contributed by atoms with E-state index in [9.17, 15) is 34.4 Å². The van der Waals surface area contributed by atoms with Crippen LogP contribution in [0.3, 0.4) is 0 Å². The molecule has 0 bridgehead atoms. The second kappa shape index (κ2) is 6.07. The molecule has 0 unspecified atom stereocenters. The van der Waals surface area contributed by atoms with Crippen LogP contribution < -0.4 is 4.74 Å². The Hall–Kier alpha value is -1.85. The lowest BCUT2D eigenvalue weighted by atomic mass is 9.77. The quantitative estimate of drug-likeness (QED) is 0.499. The first-order valence-electron chi connectivity index (χ1n) is 7.49. The summed E-state index contributed by atoms with van der Waals surface area (Å²) in [5, 5.41) is 0. The average molecular weight is 459 g/mol. The van der Waals surface area contributed by atoms with Gasteiger partial charge in [-0.1, -0.05) is 19.9 Å². The van der Waals surface area contributed by atoms with Crippen LogP contribution in [0.15, 0.2) is 45.0 Å². The number of rotatable bonds is 2. The highest BCUT2D eigenvalue weighted by atomic mass is 35.7. The first-order valence-corrected chi connectivity index (χ1v) is 11.3. The Balaban J connectivity index is 2.44. The van der Waals surface area contributed by atoms with E-state index in [-0.39, 0.29) is 11.1 Å². The molecule has 0 fully saturated rings. The van der Waals surface area contributed by atoms with E-state index in [0.717, 1.165) is 12.1 Å². The summed E-state index contributed by atoms with van der Waals surface area (Å²) < 4.78 is 105. The molecule has 3 rings (SSSR count). The van der Waals surface area contributed by atoms with E-state index in [1.807, 2.05) is 0 Å². The normalized spacial score (nSPS) is 17.5. The molecule has 0 spiro atoms. The van der Waals surface area contributed by atoms with Crippen molar-refractivity contribution in [2.45, 2.75) is 40.3 Å². The van der Waals surface area contributed by atoms with Gasteiger partial charge in [-0.2, -0.15) is 0 Å². The smallest absolute Gasteiger partial charge is 0.404 e. The van der Waals surface area contributed by atoms with Crippen LogP contribution in [0.4, 0.5) is 17.6 Å². The number of hydrogen-bond acceptors (Lipinski definition) is 5. The summed E-state index contributed by atoms with van der Waals surface area (Å²) >= 11 is 0. The van der Waals surface area contributed by atoms with Gasteiger partial charge in [0.05, 0.1) is 9.79 Å². The Morgan fingerprint density at radius 2 is 1.61 bits per heavy atom. The number of ether oxygens (including phenoxy) is 1. The van der Waals surface area contributed by atoms with Crippen molar-refractivity contribution in [1.29, 1.82) is 0 Å². The van der Waals surface area contributed by atoms with Crippen molar-refractivity contribution in [3.05, 3.63) is 47.3 Å². The van der Waals surface area contributed by atoms with Crippen LogP contribution >= 0.6 is 10.7 Å². The maximum absolute atomic E-state index is 13.7. The highest BCUT2D eigenvalue weighted by Crippen LogP contribution is 2.49. The minimum absolute atomic E-state index is 0.140. The van der Waals surface area contributed by atoms with Gasteiger partial charge in [-0.05, 0) is 35.4 Å². The second-order valence-electron chi connectivity index (χ2n) is 6.55. The molecule has 0 saturated carbocycles. The molecule has 28 heavy (non-hydrogen) atoms. The molecule has 1 aliphatic rings. The molecule has 0 N–H and O–H groups in total. The summed E-state index contributed by atoms with van der Waals surface area (Å²) in [6, 6.07) is 4.18. The predicted molar refractivity (Wildman–Crippen MR) is 90.1 cm³/mol. The van der Waals surface area contributed by atoms with Crippen molar-refractivity contribution in [2.75, 3.05) is 0 Å². The first kappa shape index (κ1) is 20.9. The van der Waals surface area contributed by atoms with Crippen LogP contribution in [0.2, 0.25) is 0 Å². The van der Waals surface area contributed by atoms with Gasteiger partial charge in [-0.15, -0.1) is 13.2 Å². The Labute approximate surface area is 162 Å². The van der Waals surface area contributed by atoms with E-state index in [2.05, 4.69) is 4.74 Å². The lowest BCUT2D eigenvalue weighted by Gasteiger charge is -2.35. The fourth-order valence-electron chi connectivity index (χ4n) is 3.15. The van der Waals surface area contributed by atoms with Gasteiger partial charge in [0.1, 0.15) is 16.5 Å². The van der Waals surface area contributed by atoms with Crippen molar-refractivity contribution in [2.24, 2.45) is 0 Å². The van der Waals surface area contributed by atoms with Gasteiger partial charge in [-0.25, -0.2) is 21.2 Å². The van der Waals surface area contributed by atoms with Gasteiger partial charge in [0, 0.05) is 16.1 Å². The molecule has 0 radical (unpaired) electrons. The predicted octanol–water partition coefficient (Wildman–Crippen LogP) is 4.12. The Kier molecular flexibility index (Phi) is 4.53. The summed E-state index contributed by atoms with van der Waals surface area (Å²) in [5.41, 5.74) is -1.21. The van der Waals surface area contributed by atoms with E-state index in [4.69, 9.17) is 10.7 Å². The second-order valence-corrected chi connectivity index (χ2v) is 11.0. The van der Waals surface area contributed by atoms with Crippen molar-refractivity contribution >= 4 is 29.6 Å². The van der Waals surface area contributed by atoms with Crippen LogP contribution in [0.5, 0.6) is 5.75 Å². The fourth-order valence-corrected chi connectivity index (χ4v) is 6.18. The maximum Gasteiger partial charge on any atom is 0.573 e. The molecule has 1 heterocycles. The number of alkyl halides is 3. The molecule has 1 aliphatic heterocycles. The largest absolute Gasteiger partial charge is 0.573 e. The highest BCUT2D eigenvalue weighted by Gasteiger charge is 2.43. The van der Waals surface area contributed by atoms with Gasteiger partial charge in [0.15, 0.2) is 0 Å². The van der Waals surface area contributed by atoms with E-state index in [0.29, 0.717) is 12.1 Å². The minimum atomic E-state index is -5.25. The van der Waals surface area contributed by atoms with Crippen LogP contribution in [0.25, 0.3) is 0 Å². The van der Waals surface area contributed by atoms with Crippen LogP contribution in [-0.4, -0.2) is 23.2 Å². The first-order chi connectivity index (χ1) is 12.5. The van der Waals surface area contributed by atoms with Gasteiger partial charge >= 0.3 is 6.36 Å². The topological polar surface area (TPSA) is 77.5 Å². The fraction of sp³-hybridized carbons (Fsp3) is 0.250. The molecular formula is C16H11ClF4O5S2. The molecule has 2 aromatic rings. The zero-order valence-electron chi connectivity index (χ0n) is 14.1. The van der Waals surface area contributed by atoms with E-state index >= 15 is 0 Å². The van der Waals surface area contributed by atoms with E-state index < -0.39 is 56.9 Å². The monoisotopic (exact) mass is 458 g/mol. The Bertz CT molecular complexity index is 1200. The standard InChI is InChI=1S/C16H11ClF4O5S2/c1-15(2)9-4-3-8(18)5-12(9)27(22,23)13-7-14(28(17,24)25)11(6-10(13)15)26-16(19,20)21/h3-7H,1-2H3. The van der Waals surface area contributed by atoms with Gasteiger partial charge in [-0.3, -0.25) is 0 Å². The molecule has 152 valence electrons. The third-order valence-electron chi connectivity index (χ3n) is 4.40. The third kappa shape index (κ3) is 3.35. The van der Waals surface area contributed by atoms with Crippen molar-refractivity contribution in [3.63, 3.8) is 0 Å². The van der Waals surface area contributed by atoms with Crippen molar-refractivity contribution < 1.29 is 39.1 Å². The average Bonchev–Trinajstić information content (AvgIpc) is 2.50. The molecular weight excluding hydrogens is 448 g/mol. The third-order valence-corrected chi connectivity index (χ3v) is 7.58. The maximum atomic E-state index is 13.7. The molecule has 2 aromatic carbocycles. The van der Waals surface area contributed by atoms with E-state index in [1.54, 1.807) is 0 Å². The molecule has 5 nitrogen and oxygen atoms in total. The summed E-state index contributed by atoms with van der Waals surface area (Å²) in [4.78, 5) is -2.17. The molecule has 0 aliphatic carbocycles. The Morgan fingerprint density at radius 1 is 1.04 bits per heavy atom. The highest BCUT2D eigenvalue weighted by molar-refractivity contribution is 8.13. The van der Waals surface area contributed by atoms with Crippen LogP contribution in [0, 0.1) is 5.82 Å². The van der Waals surface area contributed by atoms with E-state index in [1.165, 1.54) is 19.9 Å². The molecule has 0 saturated heterocycles. The summed E-state index contributed by atoms with van der Waals surface area (Å²) in [7, 11) is -4.05. The zero-order valence-corrected chi connectivity index (χ0v) is 16.5. The van der Waals surface area contributed by atoms with Gasteiger partial charge in [0.2, 0.25) is 9.84 Å². The molecule has 0 aromatic heterocycles. The molecule has 12 heteroatoms. The number of halogens is 5. The summed E-state index contributed by atoms with van der Waals surface area (Å²) in [6.45, 7) is 3.01. The number of benzene rings is 2. The lowest BCUT2D eigenvalue weighted by molar-refractivity contribution is -0.275. The van der Waals surface area contributed by atoms with Gasteiger partial charge in [0.25, 0.3) is 9.05 Å². The van der Waals surface area contributed by atoms with Crippen LogP contribution in [0.1, 0.15) is 25.0 Å². The molecule has 0 amide bonds. The lowest BCUT2D eigenvalue weighted by Crippen LogP contribution is -2.30. The number of hydrogen-bond donors (Lipinski definition) is 0. The molecule has 0 atom stereocenters. The summed E-state index contributed by atoms with van der Waals surface area (Å²) in [5.74, 6) is -2.00. The number of sulfone groups is 1. The Morgan fingerprint density at radius 3 is 2.14 bits per heavy atom. The zero-order chi connectivity index (χ0) is 21.3. The van der Waals surface area contributed by atoms with Crippen molar-refractivity contribution in [1.82, 2.24) is 0 Å². The SMILES string of the molecule is CC1(C)c2ccc(F)cc2S(=O)(=O)c2cc(S(=O)(=O)Cl)c(OC(F)(F)F)cc21. The van der Waals surface area contributed by atoms with Crippen molar-refractivity contribution in [3.8, 4) is 5.75 Å². The number of fused-ring (bicyclic) bond motifs is 2. The minimum Gasteiger partial charge on any atom is -0.404 e. The van der Waals surface area contributed by atoms with Gasteiger partial charge < -0.3 is 4.74 Å². The summed E-state index contributed by atoms with van der Waals surface area (Å²) in [6.07, 6.45) is -5.25.